The van der Waals surface area contributed by atoms with Crippen molar-refractivity contribution in [2.24, 2.45) is 0 Å². The van der Waals surface area contributed by atoms with Crippen molar-refractivity contribution in [2.45, 2.75) is 64.7 Å². The highest BCUT2D eigenvalue weighted by Gasteiger charge is 2.28. The van der Waals surface area contributed by atoms with E-state index in [0.717, 1.165) is 46.8 Å². The molecule has 0 unspecified atom stereocenters. The Hall–Kier alpha value is -4.66. The van der Waals surface area contributed by atoms with Crippen molar-refractivity contribution in [3.8, 4) is 23.0 Å². The van der Waals surface area contributed by atoms with Crippen LogP contribution < -0.4 is 9.47 Å². The summed E-state index contributed by atoms with van der Waals surface area (Å²) >= 11 is 0. The van der Waals surface area contributed by atoms with E-state index in [2.05, 4.69) is 110 Å². The molecule has 0 atom stereocenters. The number of phenolic OH excluding ortho intramolecular Hbond substituents is 2. The van der Waals surface area contributed by atoms with Crippen LogP contribution in [0.1, 0.15) is 72.2 Å². The zero-order valence-corrected chi connectivity index (χ0v) is 30.8. The highest BCUT2D eigenvalue weighted by molar-refractivity contribution is 5.49. The van der Waals surface area contributed by atoms with Gasteiger partial charge in [0.05, 0.1) is 0 Å². The predicted octanol–water partition coefficient (Wildman–Crippen LogP) is 7.35. The maximum absolute atomic E-state index is 10.8. The Labute approximate surface area is 297 Å². The third-order valence-corrected chi connectivity index (χ3v) is 10.3. The van der Waals surface area contributed by atoms with Crippen molar-refractivity contribution >= 4 is 0 Å². The zero-order chi connectivity index (χ0) is 35.8. The molecular weight excluding hydrogens is 624 g/mol. The maximum Gasteiger partial charge on any atom is 0.142 e. The lowest BCUT2D eigenvalue weighted by Gasteiger charge is -2.31. The molecule has 0 aromatic heterocycles. The summed E-state index contributed by atoms with van der Waals surface area (Å²) in [7, 11) is 8.13. The summed E-state index contributed by atoms with van der Waals surface area (Å²) in [5.41, 5.74) is 8.27. The average Bonchev–Trinajstić information content (AvgIpc) is 3.08. The first kappa shape index (κ1) is 35.2. The number of fused-ring (bicyclic) bond motifs is 2. The molecule has 2 aliphatic heterocycles. The van der Waals surface area contributed by atoms with E-state index in [9.17, 15) is 10.2 Å². The van der Waals surface area contributed by atoms with Gasteiger partial charge in [0.1, 0.15) is 36.5 Å². The molecule has 6 rings (SSSR count). The molecule has 50 heavy (non-hydrogen) atoms. The lowest BCUT2D eigenvalue weighted by atomic mass is 9.77. The van der Waals surface area contributed by atoms with Crippen LogP contribution in [0.15, 0.2) is 85.2 Å². The summed E-state index contributed by atoms with van der Waals surface area (Å²) in [4.78, 5) is 8.44. The standard InChI is InChI=1S/C42H52N4O4/c1-41(2,35-11-15-39-31(21-35)25-45(7)27-49-39)33-9-13-37(47)29(19-33)23-43(5)17-18-44(6)24-30-20-34(10-14-38(30)48)42(3,4)36-12-16-40-32(22-36)26-46(8)28-50-40/h9-22,47-48H,23-28H2,1-8H3/b18-17+. The molecule has 2 aliphatic rings. The van der Waals surface area contributed by atoms with E-state index in [1.54, 1.807) is 12.1 Å². The molecule has 0 saturated carbocycles. The molecule has 4 aromatic carbocycles. The SMILES string of the molecule is CN(/C=C/N(C)Cc1cc(C(C)(C)c2ccc3c(c2)CN(C)CO3)ccc1O)Cc1cc(C(C)(C)c2ccc3c(c2)CN(C)CO3)ccc1O. The Balaban J connectivity index is 1.13. The summed E-state index contributed by atoms with van der Waals surface area (Å²) < 4.78 is 11.8. The first-order valence-electron chi connectivity index (χ1n) is 17.3. The van der Waals surface area contributed by atoms with Crippen LogP contribution in [0.2, 0.25) is 0 Å². The van der Waals surface area contributed by atoms with Gasteiger partial charge in [-0.1, -0.05) is 52.0 Å². The molecule has 8 nitrogen and oxygen atoms in total. The molecule has 0 fully saturated rings. The molecule has 4 aromatic rings. The lowest BCUT2D eigenvalue weighted by molar-refractivity contribution is 0.121. The Morgan fingerprint density at radius 2 is 0.960 bits per heavy atom. The number of aromatic hydroxyl groups is 2. The van der Waals surface area contributed by atoms with E-state index >= 15 is 0 Å². The lowest BCUT2D eigenvalue weighted by Crippen LogP contribution is -2.29. The van der Waals surface area contributed by atoms with E-state index in [4.69, 9.17) is 9.47 Å². The molecule has 2 heterocycles. The number of phenols is 2. The number of nitrogens with zero attached hydrogens (tertiary/aromatic N) is 4. The first-order valence-corrected chi connectivity index (χ1v) is 17.3. The second kappa shape index (κ2) is 13.9. The third-order valence-electron chi connectivity index (χ3n) is 10.3. The van der Waals surface area contributed by atoms with Crippen molar-refractivity contribution in [2.75, 3.05) is 41.7 Å². The summed E-state index contributed by atoms with van der Waals surface area (Å²) in [5, 5.41) is 21.7. The second-order valence-electron chi connectivity index (χ2n) is 15.3. The Kier molecular flexibility index (Phi) is 9.80. The van der Waals surface area contributed by atoms with Gasteiger partial charge in [0.2, 0.25) is 0 Å². The zero-order valence-electron chi connectivity index (χ0n) is 30.8. The molecule has 0 radical (unpaired) electrons. The van der Waals surface area contributed by atoms with Crippen LogP contribution in [-0.4, -0.2) is 71.5 Å². The molecule has 0 amide bonds. The van der Waals surface area contributed by atoms with Crippen LogP contribution in [-0.2, 0) is 37.0 Å². The van der Waals surface area contributed by atoms with Crippen molar-refractivity contribution < 1.29 is 19.7 Å². The molecule has 0 aliphatic carbocycles. The van der Waals surface area contributed by atoms with Gasteiger partial charge in [-0.25, -0.2) is 0 Å². The van der Waals surface area contributed by atoms with Gasteiger partial charge in [0, 0.05) is 85.8 Å². The van der Waals surface area contributed by atoms with E-state index in [-0.39, 0.29) is 22.3 Å². The van der Waals surface area contributed by atoms with Crippen LogP contribution >= 0.6 is 0 Å². The van der Waals surface area contributed by atoms with Gasteiger partial charge < -0.3 is 29.5 Å². The highest BCUT2D eigenvalue weighted by atomic mass is 16.5. The predicted molar refractivity (Wildman–Crippen MR) is 199 cm³/mol. The van der Waals surface area contributed by atoms with Crippen LogP contribution in [0.3, 0.4) is 0 Å². The van der Waals surface area contributed by atoms with Crippen LogP contribution in [0.4, 0.5) is 0 Å². The summed E-state index contributed by atoms with van der Waals surface area (Å²) in [6, 6.07) is 24.8. The molecule has 8 heteroatoms. The Morgan fingerprint density at radius 3 is 1.36 bits per heavy atom. The number of hydrogen-bond acceptors (Lipinski definition) is 8. The van der Waals surface area contributed by atoms with Crippen LogP contribution in [0, 0.1) is 0 Å². The first-order chi connectivity index (χ1) is 23.7. The van der Waals surface area contributed by atoms with Gasteiger partial charge in [-0.3, -0.25) is 9.80 Å². The Bertz CT molecular complexity index is 1750. The topological polar surface area (TPSA) is 71.9 Å². The van der Waals surface area contributed by atoms with Crippen molar-refractivity contribution in [3.05, 3.63) is 130 Å². The van der Waals surface area contributed by atoms with Gasteiger partial charge in [0.25, 0.3) is 0 Å². The van der Waals surface area contributed by atoms with Crippen molar-refractivity contribution in [1.29, 1.82) is 0 Å². The summed E-state index contributed by atoms with van der Waals surface area (Å²) in [6.07, 6.45) is 4.02. The van der Waals surface area contributed by atoms with Gasteiger partial charge in [0.15, 0.2) is 0 Å². The van der Waals surface area contributed by atoms with E-state index in [0.29, 0.717) is 26.6 Å². The average molecular weight is 677 g/mol. The number of rotatable bonds is 10. The van der Waals surface area contributed by atoms with Gasteiger partial charge >= 0.3 is 0 Å². The quantitative estimate of drug-likeness (QED) is 0.181. The minimum Gasteiger partial charge on any atom is -0.508 e. The molecule has 0 spiro atoms. The summed E-state index contributed by atoms with van der Waals surface area (Å²) in [5.74, 6) is 2.46. The fourth-order valence-electron chi connectivity index (χ4n) is 6.90. The highest BCUT2D eigenvalue weighted by Crippen LogP contribution is 2.39. The van der Waals surface area contributed by atoms with Gasteiger partial charge in [-0.15, -0.1) is 0 Å². The number of ether oxygens (including phenoxy) is 2. The molecule has 264 valence electrons. The molecular formula is C42H52N4O4. The largest absolute Gasteiger partial charge is 0.508 e. The van der Waals surface area contributed by atoms with Crippen LogP contribution in [0.5, 0.6) is 23.0 Å². The monoisotopic (exact) mass is 676 g/mol. The van der Waals surface area contributed by atoms with E-state index < -0.39 is 0 Å². The van der Waals surface area contributed by atoms with Gasteiger partial charge in [-0.2, -0.15) is 0 Å². The van der Waals surface area contributed by atoms with E-state index in [1.165, 1.54) is 22.3 Å². The van der Waals surface area contributed by atoms with Crippen LogP contribution in [0.25, 0.3) is 0 Å². The molecule has 2 N–H and O–H groups in total. The second-order valence-corrected chi connectivity index (χ2v) is 15.3. The van der Waals surface area contributed by atoms with Crippen molar-refractivity contribution in [3.63, 3.8) is 0 Å². The fraction of sp³-hybridized carbons (Fsp3) is 0.381. The fourth-order valence-corrected chi connectivity index (χ4v) is 6.90. The minimum atomic E-state index is -0.266. The number of benzene rings is 4. The van der Waals surface area contributed by atoms with E-state index in [1.807, 2.05) is 38.6 Å². The maximum atomic E-state index is 10.8. The summed E-state index contributed by atoms with van der Waals surface area (Å²) in [6.45, 7) is 12.9. The van der Waals surface area contributed by atoms with Gasteiger partial charge in [-0.05, 0) is 84.9 Å². The number of hydrogen-bond donors (Lipinski definition) is 2. The molecule has 0 saturated heterocycles. The van der Waals surface area contributed by atoms with Crippen molar-refractivity contribution in [1.82, 2.24) is 19.6 Å². The smallest absolute Gasteiger partial charge is 0.142 e. The minimum absolute atomic E-state index is 0.266. The normalized spacial score (nSPS) is 15.3. The Morgan fingerprint density at radius 1 is 0.600 bits per heavy atom. The third kappa shape index (κ3) is 7.42. The molecule has 0 bridgehead atoms.